The number of aliphatic carboxylic acids is 1. The van der Waals surface area contributed by atoms with Crippen LogP contribution in [-0.2, 0) is 4.79 Å². The van der Waals surface area contributed by atoms with Crippen molar-refractivity contribution >= 4 is 5.97 Å². The number of carbonyl (C=O) groups is 1. The zero-order chi connectivity index (χ0) is 13.5. The number of rotatable bonds is 5. The average Bonchev–Trinajstić information content (AvgIpc) is 2.36. The van der Waals surface area contributed by atoms with Crippen molar-refractivity contribution in [2.24, 2.45) is 5.92 Å². The lowest BCUT2D eigenvalue weighted by molar-refractivity contribution is -0.139. The van der Waals surface area contributed by atoms with Crippen molar-refractivity contribution < 1.29 is 9.90 Å². The van der Waals surface area contributed by atoms with Crippen LogP contribution in [0.2, 0.25) is 0 Å². The van der Waals surface area contributed by atoms with Crippen LogP contribution in [0.25, 0.3) is 0 Å². The average molecular weight is 244 g/mol. The van der Waals surface area contributed by atoms with Gasteiger partial charge in [-0.25, -0.2) is 0 Å². The predicted octanol–water partition coefficient (Wildman–Crippen LogP) is 4.01. The maximum Gasteiger partial charge on any atom is 0.310 e. The van der Waals surface area contributed by atoms with Crippen LogP contribution in [0.4, 0.5) is 0 Å². The molecule has 0 amide bonds. The van der Waals surface area contributed by atoms with Crippen molar-refractivity contribution in [2.75, 3.05) is 0 Å². The monoisotopic (exact) mass is 244 g/mol. The van der Waals surface area contributed by atoms with Crippen molar-refractivity contribution in [3.8, 4) is 0 Å². The standard InChI is InChI=1S/C16H20O2/c1-12(9-10-13(2)16(17)18)11-14(3)15-7-5-4-6-8-15/h4-11,13-14H,1-3H3,(H,17,18). The molecular formula is C16H20O2. The van der Waals surface area contributed by atoms with E-state index in [1.807, 2.05) is 31.2 Å². The molecule has 2 nitrogen and oxygen atoms in total. The lowest BCUT2D eigenvalue weighted by Crippen LogP contribution is -2.05. The molecular weight excluding hydrogens is 224 g/mol. The van der Waals surface area contributed by atoms with Crippen LogP contribution in [0.5, 0.6) is 0 Å². The summed E-state index contributed by atoms with van der Waals surface area (Å²) >= 11 is 0. The van der Waals surface area contributed by atoms with E-state index in [2.05, 4.69) is 25.1 Å². The second-order valence-corrected chi connectivity index (χ2v) is 4.60. The first-order valence-corrected chi connectivity index (χ1v) is 6.15. The summed E-state index contributed by atoms with van der Waals surface area (Å²) in [4.78, 5) is 10.7. The summed E-state index contributed by atoms with van der Waals surface area (Å²) in [6.45, 7) is 5.80. The van der Waals surface area contributed by atoms with Crippen LogP contribution in [0.1, 0.15) is 32.3 Å². The third-order valence-electron chi connectivity index (χ3n) is 2.88. The van der Waals surface area contributed by atoms with E-state index in [-0.39, 0.29) is 0 Å². The Morgan fingerprint density at radius 1 is 1.22 bits per heavy atom. The Morgan fingerprint density at radius 2 is 1.83 bits per heavy atom. The molecule has 2 atom stereocenters. The topological polar surface area (TPSA) is 37.3 Å². The Kier molecular flexibility index (Phi) is 5.37. The van der Waals surface area contributed by atoms with Crippen LogP contribution in [0.15, 0.2) is 54.1 Å². The minimum Gasteiger partial charge on any atom is -0.481 e. The Bertz CT molecular complexity index is 443. The van der Waals surface area contributed by atoms with E-state index >= 15 is 0 Å². The minimum atomic E-state index is -0.796. The predicted molar refractivity (Wildman–Crippen MR) is 74.6 cm³/mol. The molecule has 0 fully saturated rings. The number of benzene rings is 1. The summed E-state index contributed by atoms with van der Waals surface area (Å²) in [5.74, 6) is -0.911. The van der Waals surface area contributed by atoms with Crippen molar-refractivity contribution in [3.63, 3.8) is 0 Å². The second-order valence-electron chi connectivity index (χ2n) is 4.60. The largest absolute Gasteiger partial charge is 0.481 e. The van der Waals surface area contributed by atoms with Crippen LogP contribution in [0.3, 0.4) is 0 Å². The van der Waals surface area contributed by atoms with Crippen molar-refractivity contribution in [1.82, 2.24) is 0 Å². The molecule has 1 aromatic rings. The van der Waals surface area contributed by atoms with E-state index in [1.54, 1.807) is 13.0 Å². The number of carboxylic acids is 1. The zero-order valence-corrected chi connectivity index (χ0v) is 11.1. The van der Waals surface area contributed by atoms with Gasteiger partial charge in [-0.05, 0) is 25.3 Å². The molecule has 18 heavy (non-hydrogen) atoms. The summed E-state index contributed by atoms with van der Waals surface area (Å²) in [5, 5.41) is 8.78. The van der Waals surface area contributed by atoms with Gasteiger partial charge in [-0.3, -0.25) is 4.79 Å². The SMILES string of the molecule is CC(C=CC(C)C(=O)O)=CC(C)c1ccccc1. The molecule has 0 aromatic heterocycles. The summed E-state index contributed by atoms with van der Waals surface area (Å²) in [5.41, 5.74) is 2.34. The highest BCUT2D eigenvalue weighted by molar-refractivity contribution is 5.71. The van der Waals surface area contributed by atoms with E-state index in [4.69, 9.17) is 5.11 Å². The first kappa shape index (κ1) is 14.2. The van der Waals surface area contributed by atoms with Gasteiger partial charge in [0.25, 0.3) is 0 Å². The summed E-state index contributed by atoms with van der Waals surface area (Å²) in [6, 6.07) is 10.2. The molecule has 0 bridgehead atoms. The minimum absolute atomic E-state index is 0.330. The summed E-state index contributed by atoms with van der Waals surface area (Å²) < 4.78 is 0. The quantitative estimate of drug-likeness (QED) is 0.794. The molecule has 2 unspecified atom stereocenters. The third kappa shape index (κ3) is 4.58. The second kappa shape index (κ2) is 6.80. The van der Waals surface area contributed by atoms with Crippen LogP contribution >= 0.6 is 0 Å². The molecule has 0 spiro atoms. The fraction of sp³-hybridized carbons (Fsp3) is 0.312. The third-order valence-corrected chi connectivity index (χ3v) is 2.88. The molecule has 1 rings (SSSR count). The highest BCUT2D eigenvalue weighted by atomic mass is 16.4. The van der Waals surface area contributed by atoms with E-state index in [0.29, 0.717) is 5.92 Å². The van der Waals surface area contributed by atoms with Gasteiger partial charge in [0.05, 0.1) is 5.92 Å². The Labute approximate surface area is 109 Å². The molecule has 0 heterocycles. The molecule has 1 N–H and O–H groups in total. The van der Waals surface area contributed by atoms with Gasteiger partial charge in [0.15, 0.2) is 0 Å². The van der Waals surface area contributed by atoms with Gasteiger partial charge < -0.3 is 5.11 Å². The lowest BCUT2D eigenvalue weighted by atomic mass is 9.98. The highest BCUT2D eigenvalue weighted by Crippen LogP contribution is 2.18. The molecule has 0 aliphatic heterocycles. The van der Waals surface area contributed by atoms with E-state index < -0.39 is 11.9 Å². The van der Waals surface area contributed by atoms with Gasteiger partial charge in [-0.1, -0.05) is 61.1 Å². The highest BCUT2D eigenvalue weighted by Gasteiger charge is 2.05. The maximum absolute atomic E-state index is 10.7. The fourth-order valence-electron chi connectivity index (χ4n) is 1.68. The summed E-state index contributed by atoms with van der Waals surface area (Å²) in [6.07, 6.45) is 5.73. The van der Waals surface area contributed by atoms with Gasteiger partial charge in [0.1, 0.15) is 0 Å². The number of hydrogen-bond donors (Lipinski definition) is 1. The normalized spacial score (nSPS) is 15.6. The smallest absolute Gasteiger partial charge is 0.310 e. The van der Waals surface area contributed by atoms with Crippen LogP contribution in [0, 0.1) is 5.92 Å². The van der Waals surface area contributed by atoms with Gasteiger partial charge >= 0.3 is 5.97 Å². The van der Waals surface area contributed by atoms with Crippen molar-refractivity contribution in [2.45, 2.75) is 26.7 Å². The van der Waals surface area contributed by atoms with Crippen molar-refractivity contribution in [3.05, 3.63) is 59.7 Å². The first-order chi connectivity index (χ1) is 8.50. The number of hydrogen-bond acceptors (Lipinski definition) is 1. The molecule has 0 aliphatic carbocycles. The lowest BCUT2D eigenvalue weighted by Gasteiger charge is -2.07. The van der Waals surface area contributed by atoms with E-state index in [9.17, 15) is 4.79 Å². The Hall–Kier alpha value is -1.83. The Balaban J connectivity index is 2.69. The Morgan fingerprint density at radius 3 is 2.39 bits per heavy atom. The van der Waals surface area contributed by atoms with Gasteiger partial charge in [-0.15, -0.1) is 0 Å². The number of allylic oxidation sites excluding steroid dienone is 3. The van der Waals surface area contributed by atoms with Crippen LogP contribution < -0.4 is 0 Å². The van der Waals surface area contributed by atoms with Crippen molar-refractivity contribution in [1.29, 1.82) is 0 Å². The maximum atomic E-state index is 10.7. The first-order valence-electron chi connectivity index (χ1n) is 6.15. The van der Waals surface area contributed by atoms with Gasteiger partial charge in [-0.2, -0.15) is 0 Å². The number of carboxylic acid groups (broad SMARTS) is 1. The zero-order valence-electron chi connectivity index (χ0n) is 11.1. The summed E-state index contributed by atoms with van der Waals surface area (Å²) in [7, 11) is 0. The molecule has 2 heteroatoms. The van der Waals surface area contributed by atoms with E-state index in [1.165, 1.54) is 5.56 Å². The molecule has 96 valence electrons. The molecule has 0 saturated carbocycles. The van der Waals surface area contributed by atoms with Crippen LogP contribution in [-0.4, -0.2) is 11.1 Å². The van der Waals surface area contributed by atoms with Gasteiger partial charge in [0.2, 0.25) is 0 Å². The molecule has 0 saturated heterocycles. The molecule has 0 aliphatic rings. The van der Waals surface area contributed by atoms with E-state index in [0.717, 1.165) is 5.57 Å². The molecule has 1 aromatic carbocycles. The fourth-order valence-corrected chi connectivity index (χ4v) is 1.68. The molecule has 0 radical (unpaired) electrons. The van der Waals surface area contributed by atoms with Gasteiger partial charge in [0, 0.05) is 0 Å².